The Hall–Kier alpha value is 0.170. The summed E-state index contributed by atoms with van der Waals surface area (Å²) in [6.07, 6.45) is 2.93. The van der Waals surface area contributed by atoms with Crippen LogP contribution in [0.5, 0.6) is 0 Å². The summed E-state index contributed by atoms with van der Waals surface area (Å²) in [4.78, 5) is 2.32. The van der Waals surface area contributed by atoms with Crippen molar-refractivity contribution in [2.45, 2.75) is 18.9 Å². The Morgan fingerprint density at radius 2 is 2.33 bits per heavy atom. The fourth-order valence-corrected chi connectivity index (χ4v) is 2.38. The van der Waals surface area contributed by atoms with Gasteiger partial charge in [-0.05, 0) is 25.3 Å². The number of rotatable bonds is 5. The van der Waals surface area contributed by atoms with Crippen LogP contribution in [0.15, 0.2) is 0 Å². The van der Waals surface area contributed by atoms with Crippen LogP contribution in [0.25, 0.3) is 0 Å². The molecule has 1 unspecified atom stereocenters. The highest BCUT2D eigenvalue weighted by molar-refractivity contribution is 6.18. The third-order valence-electron chi connectivity index (χ3n) is 3.45. The van der Waals surface area contributed by atoms with Gasteiger partial charge >= 0.3 is 0 Å². The molecule has 1 saturated heterocycles. The molecular weight excluding hydrogens is 212 g/mol. The zero-order chi connectivity index (χ0) is 10.7. The Kier molecular flexibility index (Phi) is 3.88. The van der Waals surface area contributed by atoms with E-state index in [-0.39, 0.29) is 0 Å². The van der Waals surface area contributed by atoms with Crippen molar-refractivity contribution < 1.29 is 4.74 Å². The number of nitrogens with zero attached hydrogens (tertiary/aromatic N) is 1. The second kappa shape index (κ2) is 5.00. The molecule has 0 spiro atoms. The fourth-order valence-electron chi connectivity index (χ4n) is 2.02. The predicted molar refractivity (Wildman–Crippen MR) is 62.5 cm³/mol. The lowest BCUT2D eigenvalue weighted by molar-refractivity contribution is -0.0184. The molecule has 0 aromatic rings. The van der Waals surface area contributed by atoms with Crippen LogP contribution in [0, 0.1) is 5.41 Å². The van der Waals surface area contributed by atoms with Crippen molar-refractivity contribution in [3.8, 4) is 0 Å². The molecule has 15 heavy (non-hydrogen) atoms. The summed E-state index contributed by atoms with van der Waals surface area (Å²) >= 11 is 5.92. The lowest BCUT2D eigenvalue weighted by Crippen LogP contribution is -2.45. The minimum Gasteiger partial charge on any atom is -0.374 e. The molecule has 88 valence electrons. The van der Waals surface area contributed by atoms with Crippen LogP contribution < -0.4 is 5.32 Å². The Balaban J connectivity index is 1.61. The summed E-state index contributed by atoms with van der Waals surface area (Å²) in [6, 6.07) is 0. The van der Waals surface area contributed by atoms with Gasteiger partial charge in [-0.25, -0.2) is 0 Å². The molecule has 0 amide bonds. The van der Waals surface area contributed by atoms with Gasteiger partial charge in [0.15, 0.2) is 0 Å². The van der Waals surface area contributed by atoms with Gasteiger partial charge in [-0.15, -0.1) is 11.6 Å². The number of likely N-dealkylation sites (N-methyl/N-ethyl adjacent to an activating group) is 1. The largest absolute Gasteiger partial charge is 0.374 e. The molecule has 1 N–H and O–H groups in total. The molecule has 1 heterocycles. The average molecular weight is 233 g/mol. The van der Waals surface area contributed by atoms with Crippen molar-refractivity contribution in [1.82, 2.24) is 10.2 Å². The Bertz CT molecular complexity index is 209. The fraction of sp³-hybridized carbons (Fsp3) is 1.00. The van der Waals surface area contributed by atoms with Gasteiger partial charge in [-0.1, -0.05) is 0 Å². The summed E-state index contributed by atoms with van der Waals surface area (Å²) < 4.78 is 5.68. The molecule has 0 aromatic carbocycles. The molecule has 2 fully saturated rings. The van der Waals surface area contributed by atoms with Gasteiger partial charge in [0.1, 0.15) is 0 Å². The number of hydrogen-bond acceptors (Lipinski definition) is 3. The zero-order valence-corrected chi connectivity index (χ0v) is 10.2. The van der Waals surface area contributed by atoms with E-state index in [0.29, 0.717) is 11.5 Å². The molecular formula is C11H21ClN2O. The zero-order valence-electron chi connectivity index (χ0n) is 9.47. The van der Waals surface area contributed by atoms with Crippen molar-refractivity contribution in [1.29, 1.82) is 0 Å². The minimum absolute atomic E-state index is 0.356. The smallest absolute Gasteiger partial charge is 0.0826 e. The lowest BCUT2D eigenvalue weighted by Gasteiger charge is -2.30. The van der Waals surface area contributed by atoms with Crippen molar-refractivity contribution in [3.05, 3.63) is 0 Å². The first-order chi connectivity index (χ1) is 7.24. The van der Waals surface area contributed by atoms with Crippen molar-refractivity contribution in [2.75, 3.05) is 45.7 Å². The highest BCUT2D eigenvalue weighted by Gasteiger charge is 2.41. The first-order valence-corrected chi connectivity index (χ1v) is 6.34. The Morgan fingerprint density at radius 1 is 1.53 bits per heavy atom. The topological polar surface area (TPSA) is 24.5 Å². The van der Waals surface area contributed by atoms with Gasteiger partial charge < -0.3 is 15.0 Å². The van der Waals surface area contributed by atoms with Gasteiger partial charge in [0.2, 0.25) is 0 Å². The number of morpholine rings is 1. The van der Waals surface area contributed by atoms with Crippen LogP contribution in [-0.4, -0.2) is 56.7 Å². The summed E-state index contributed by atoms with van der Waals surface area (Å²) in [5.41, 5.74) is 0.419. The molecule has 1 aliphatic heterocycles. The van der Waals surface area contributed by atoms with E-state index in [0.717, 1.165) is 38.7 Å². The summed E-state index contributed by atoms with van der Waals surface area (Å²) in [5, 5.41) is 3.49. The van der Waals surface area contributed by atoms with Crippen LogP contribution in [0.1, 0.15) is 12.8 Å². The van der Waals surface area contributed by atoms with Crippen LogP contribution in [0.2, 0.25) is 0 Å². The van der Waals surface area contributed by atoms with E-state index in [1.807, 2.05) is 0 Å². The highest BCUT2D eigenvalue weighted by Crippen LogP contribution is 2.45. The summed E-state index contributed by atoms with van der Waals surface area (Å²) in [6.45, 7) is 4.98. The van der Waals surface area contributed by atoms with Gasteiger partial charge in [0.05, 0.1) is 12.7 Å². The van der Waals surface area contributed by atoms with E-state index in [9.17, 15) is 0 Å². The van der Waals surface area contributed by atoms with Crippen molar-refractivity contribution >= 4 is 11.6 Å². The maximum Gasteiger partial charge on any atom is 0.0826 e. The van der Waals surface area contributed by atoms with Gasteiger partial charge in [0.25, 0.3) is 0 Å². The first-order valence-electron chi connectivity index (χ1n) is 5.81. The SMILES string of the molecule is CN1CCOC(CNCC2(CCl)CC2)C1. The number of alkyl halides is 1. The second-order valence-electron chi connectivity index (χ2n) is 5.02. The number of nitrogens with one attached hydrogen (secondary N) is 1. The summed E-state index contributed by atoms with van der Waals surface area (Å²) in [5.74, 6) is 0.797. The maximum atomic E-state index is 5.92. The normalized spacial score (nSPS) is 30.4. The maximum absolute atomic E-state index is 5.92. The standard InChI is InChI=1S/C11H21ClN2O/c1-14-4-5-15-10(7-14)6-13-9-11(8-12)2-3-11/h10,13H,2-9H2,1H3. The minimum atomic E-state index is 0.356. The molecule has 1 atom stereocenters. The molecule has 2 aliphatic rings. The molecule has 4 heteroatoms. The van der Waals surface area contributed by atoms with E-state index in [1.165, 1.54) is 12.8 Å². The van der Waals surface area contributed by atoms with Crippen LogP contribution in [0.4, 0.5) is 0 Å². The molecule has 1 saturated carbocycles. The molecule has 1 aliphatic carbocycles. The predicted octanol–water partition coefficient (Wildman–Crippen LogP) is 0.926. The Labute approximate surface area is 97.1 Å². The summed E-state index contributed by atoms with van der Waals surface area (Å²) in [7, 11) is 2.15. The second-order valence-corrected chi connectivity index (χ2v) is 5.29. The number of halogens is 1. The Morgan fingerprint density at radius 3 is 2.93 bits per heavy atom. The van der Waals surface area contributed by atoms with Gasteiger partial charge in [-0.2, -0.15) is 0 Å². The van der Waals surface area contributed by atoms with E-state index in [4.69, 9.17) is 16.3 Å². The van der Waals surface area contributed by atoms with Crippen LogP contribution in [-0.2, 0) is 4.74 Å². The third kappa shape index (κ3) is 3.31. The van der Waals surface area contributed by atoms with E-state index in [2.05, 4.69) is 17.3 Å². The molecule has 0 aromatic heterocycles. The van der Waals surface area contributed by atoms with E-state index < -0.39 is 0 Å². The van der Waals surface area contributed by atoms with E-state index >= 15 is 0 Å². The first kappa shape index (κ1) is 11.6. The molecule has 2 rings (SSSR count). The lowest BCUT2D eigenvalue weighted by atomic mass is 10.1. The quantitative estimate of drug-likeness (QED) is 0.714. The van der Waals surface area contributed by atoms with Gasteiger partial charge in [-0.3, -0.25) is 0 Å². The van der Waals surface area contributed by atoms with Crippen molar-refractivity contribution in [3.63, 3.8) is 0 Å². The molecule has 3 nitrogen and oxygen atoms in total. The number of ether oxygens (including phenoxy) is 1. The van der Waals surface area contributed by atoms with Crippen LogP contribution >= 0.6 is 11.6 Å². The van der Waals surface area contributed by atoms with Gasteiger partial charge in [0, 0.05) is 32.1 Å². The van der Waals surface area contributed by atoms with Crippen molar-refractivity contribution in [2.24, 2.45) is 5.41 Å². The molecule has 0 bridgehead atoms. The highest BCUT2D eigenvalue weighted by atomic mass is 35.5. The third-order valence-corrected chi connectivity index (χ3v) is 4.02. The van der Waals surface area contributed by atoms with E-state index in [1.54, 1.807) is 0 Å². The molecule has 0 radical (unpaired) electrons. The number of hydrogen-bond donors (Lipinski definition) is 1. The average Bonchev–Trinajstić information content (AvgIpc) is 2.99. The van der Waals surface area contributed by atoms with Crippen LogP contribution in [0.3, 0.4) is 0 Å². The monoisotopic (exact) mass is 232 g/mol.